The van der Waals surface area contributed by atoms with E-state index in [2.05, 4.69) is 76.2 Å². The van der Waals surface area contributed by atoms with Gasteiger partial charge in [-0.15, -0.1) is 0 Å². The average molecular weight is 240 g/mol. The molecule has 0 aliphatic carbocycles. The molecule has 0 aliphatic rings. The van der Waals surface area contributed by atoms with Crippen LogP contribution in [0.25, 0.3) is 0 Å². The molecule has 0 atom stereocenters. The molecule has 2 aromatic carbocycles. The van der Waals surface area contributed by atoms with Crippen LogP contribution in [0, 0.1) is 13.8 Å². The lowest BCUT2D eigenvalue weighted by Crippen LogP contribution is -1.82. The molecule has 2 rings (SSSR count). The predicted molar refractivity (Wildman–Crippen MR) is 81.1 cm³/mol. The van der Waals surface area contributed by atoms with Crippen LogP contribution in [0.15, 0.2) is 48.5 Å². The van der Waals surface area contributed by atoms with E-state index in [0.29, 0.717) is 0 Å². The van der Waals surface area contributed by atoms with E-state index in [1.54, 1.807) is 0 Å². The third-order valence-electron chi connectivity index (χ3n) is 3.13. The van der Waals surface area contributed by atoms with Gasteiger partial charge in [0.2, 0.25) is 0 Å². The molecule has 2 aromatic rings. The van der Waals surface area contributed by atoms with E-state index >= 15 is 0 Å². The van der Waals surface area contributed by atoms with Crippen molar-refractivity contribution < 1.29 is 0 Å². The number of hydrogen-bond donors (Lipinski definition) is 0. The molecule has 0 saturated carbocycles. The van der Waals surface area contributed by atoms with Crippen LogP contribution in [-0.4, -0.2) is 0 Å². The van der Waals surface area contributed by atoms with Gasteiger partial charge in [0.25, 0.3) is 0 Å². The lowest BCUT2D eigenvalue weighted by atomic mass is 10.1. The summed E-state index contributed by atoms with van der Waals surface area (Å²) in [5, 5.41) is 0. The second-order valence-electron chi connectivity index (χ2n) is 4.62. The van der Waals surface area contributed by atoms with Crippen molar-refractivity contribution in [1.29, 1.82) is 0 Å². The standard InChI is InChI=1S/2C9H12/c1-3-9-6-4-5-8(2)7-9;1-3-9-7-5-4-6-8(9)2/h2*4-7H,3H2,1-2H3. The Kier molecular flexibility index (Phi) is 6.21. The second-order valence-corrected chi connectivity index (χ2v) is 4.62. The van der Waals surface area contributed by atoms with Crippen LogP contribution in [0.5, 0.6) is 0 Å². The Morgan fingerprint density at radius 3 is 1.94 bits per heavy atom. The maximum atomic E-state index is 2.22. The highest BCUT2D eigenvalue weighted by Crippen LogP contribution is 2.06. The monoisotopic (exact) mass is 240 g/mol. The number of rotatable bonds is 2. The zero-order valence-electron chi connectivity index (χ0n) is 12.0. The lowest BCUT2D eigenvalue weighted by molar-refractivity contribution is 1.11. The van der Waals surface area contributed by atoms with E-state index in [4.69, 9.17) is 0 Å². The van der Waals surface area contributed by atoms with Gasteiger partial charge in [0.15, 0.2) is 0 Å². The van der Waals surface area contributed by atoms with Crippen LogP contribution in [-0.2, 0) is 12.8 Å². The van der Waals surface area contributed by atoms with Crippen LogP contribution in [0.4, 0.5) is 0 Å². The molecule has 0 radical (unpaired) electrons. The van der Waals surface area contributed by atoms with Crippen molar-refractivity contribution >= 4 is 0 Å². The first kappa shape index (κ1) is 14.5. The Morgan fingerprint density at radius 2 is 1.50 bits per heavy atom. The number of benzene rings is 2. The Bertz CT molecular complexity index is 469. The summed E-state index contributed by atoms with van der Waals surface area (Å²) in [6.45, 7) is 8.63. The maximum Gasteiger partial charge on any atom is -0.0305 e. The van der Waals surface area contributed by atoms with Crippen molar-refractivity contribution in [3.05, 3.63) is 70.8 Å². The molecule has 96 valence electrons. The van der Waals surface area contributed by atoms with Crippen molar-refractivity contribution in [3.63, 3.8) is 0 Å². The average Bonchev–Trinajstić information content (AvgIpc) is 2.40. The van der Waals surface area contributed by atoms with E-state index in [1.165, 1.54) is 22.3 Å². The van der Waals surface area contributed by atoms with Gasteiger partial charge in [0.05, 0.1) is 0 Å². The summed E-state index contributed by atoms with van der Waals surface area (Å²) in [5.41, 5.74) is 5.64. The molecule has 0 N–H and O–H groups in total. The SMILES string of the molecule is CCc1cccc(C)c1.CCc1ccccc1C. The first-order valence-electron chi connectivity index (χ1n) is 6.77. The van der Waals surface area contributed by atoms with Crippen molar-refractivity contribution in [2.75, 3.05) is 0 Å². The van der Waals surface area contributed by atoms with Gasteiger partial charge in [-0.2, -0.15) is 0 Å². The van der Waals surface area contributed by atoms with Crippen molar-refractivity contribution in [2.24, 2.45) is 0 Å². The fraction of sp³-hybridized carbons (Fsp3) is 0.333. The van der Waals surface area contributed by atoms with Gasteiger partial charge in [-0.1, -0.05) is 67.9 Å². The highest BCUT2D eigenvalue weighted by atomic mass is 14.0. The smallest absolute Gasteiger partial charge is 0.0305 e. The molecule has 0 aromatic heterocycles. The molecular formula is C18H24. The molecule has 0 bridgehead atoms. The second kappa shape index (κ2) is 7.71. The number of hydrogen-bond acceptors (Lipinski definition) is 0. The van der Waals surface area contributed by atoms with Gasteiger partial charge in [0, 0.05) is 0 Å². The molecule has 0 unspecified atom stereocenters. The van der Waals surface area contributed by atoms with E-state index < -0.39 is 0 Å². The maximum absolute atomic E-state index is 2.22. The molecule has 0 nitrogen and oxygen atoms in total. The first-order valence-corrected chi connectivity index (χ1v) is 6.77. The van der Waals surface area contributed by atoms with E-state index in [0.717, 1.165) is 12.8 Å². The number of aryl methyl sites for hydroxylation is 4. The third-order valence-corrected chi connectivity index (χ3v) is 3.13. The van der Waals surface area contributed by atoms with Gasteiger partial charge in [-0.05, 0) is 43.4 Å². The molecule has 0 saturated heterocycles. The molecule has 0 amide bonds. The van der Waals surface area contributed by atoms with Crippen LogP contribution in [0.3, 0.4) is 0 Å². The Labute approximate surface area is 112 Å². The summed E-state index contributed by atoms with van der Waals surface area (Å²) in [7, 11) is 0. The van der Waals surface area contributed by atoms with Crippen LogP contribution < -0.4 is 0 Å². The van der Waals surface area contributed by atoms with Crippen LogP contribution in [0.1, 0.15) is 36.1 Å². The van der Waals surface area contributed by atoms with Crippen molar-refractivity contribution in [3.8, 4) is 0 Å². The molecule has 0 heterocycles. The van der Waals surface area contributed by atoms with Gasteiger partial charge in [-0.3, -0.25) is 0 Å². The van der Waals surface area contributed by atoms with Crippen LogP contribution in [0.2, 0.25) is 0 Å². The molecule has 0 aliphatic heterocycles. The Balaban J connectivity index is 0.000000180. The molecule has 0 fully saturated rings. The molecular weight excluding hydrogens is 216 g/mol. The quantitative estimate of drug-likeness (QED) is 0.684. The van der Waals surface area contributed by atoms with E-state index in [9.17, 15) is 0 Å². The summed E-state index contributed by atoms with van der Waals surface area (Å²) in [4.78, 5) is 0. The minimum Gasteiger partial charge on any atom is -0.0620 e. The summed E-state index contributed by atoms with van der Waals surface area (Å²) in [6, 6.07) is 17.1. The van der Waals surface area contributed by atoms with E-state index in [-0.39, 0.29) is 0 Å². The Morgan fingerprint density at radius 1 is 0.778 bits per heavy atom. The first-order chi connectivity index (χ1) is 8.67. The fourth-order valence-corrected chi connectivity index (χ4v) is 1.94. The molecule has 18 heavy (non-hydrogen) atoms. The zero-order valence-corrected chi connectivity index (χ0v) is 12.0. The topological polar surface area (TPSA) is 0 Å². The Hall–Kier alpha value is -1.56. The van der Waals surface area contributed by atoms with Gasteiger partial charge >= 0.3 is 0 Å². The summed E-state index contributed by atoms with van der Waals surface area (Å²) in [5.74, 6) is 0. The predicted octanol–water partition coefficient (Wildman–Crippen LogP) is 5.11. The van der Waals surface area contributed by atoms with Crippen LogP contribution >= 0.6 is 0 Å². The molecule has 0 spiro atoms. The zero-order chi connectivity index (χ0) is 13.4. The van der Waals surface area contributed by atoms with Crippen molar-refractivity contribution in [2.45, 2.75) is 40.5 Å². The minimum atomic E-state index is 1.14. The highest BCUT2D eigenvalue weighted by molar-refractivity contribution is 5.25. The van der Waals surface area contributed by atoms with Gasteiger partial charge < -0.3 is 0 Å². The van der Waals surface area contributed by atoms with E-state index in [1.807, 2.05) is 0 Å². The lowest BCUT2D eigenvalue weighted by Gasteiger charge is -1.98. The van der Waals surface area contributed by atoms with Gasteiger partial charge in [0.1, 0.15) is 0 Å². The summed E-state index contributed by atoms with van der Waals surface area (Å²) < 4.78 is 0. The fourth-order valence-electron chi connectivity index (χ4n) is 1.94. The highest BCUT2D eigenvalue weighted by Gasteiger charge is 1.89. The normalized spacial score (nSPS) is 9.56. The molecule has 0 heteroatoms. The summed E-state index contributed by atoms with van der Waals surface area (Å²) in [6.07, 6.45) is 2.29. The summed E-state index contributed by atoms with van der Waals surface area (Å²) >= 11 is 0. The third kappa shape index (κ3) is 4.75. The van der Waals surface area contributed by atoms with Crippen molar-refractivity contribution in [1.82, 2.24) is 0 Å². The largest absolute Gasteiger partial charge is 0.0620 e. The minimum absolute atomic E-state index is 1.14. The van der Waals surface area contributed by atoms with Gasteiger partial charge in [-0.25, -0.2) is 0 Å².